The molecule has 90 valence electrons. The van der Waals surface area contributed by atoms with E-state index in [1.807, 2.05) is 31.9 Å². The zero-order valence-electron chi connectivity index (χ0n) is 10.4. The molecule has 3 nitrogen and oxygen atoms in total. The van der Waals surface area contributed by atoms with Crippen LogP contribution in [0.4, 0.5) is 5.69 Å². The van der Waals surface area contributed by atoms with Crippen LogP contribution >= 0.6 is 11.6 Å². The lowest BCUT2D eigenvalue weighted by Crippen LogP contribution is -2.21. The van der Waals surface area contributed by atoms with Crippen molar-refractivity contribution in [2.45, 2.75) is 13.8 Å². The molecule has 0 saturated heterocycles. The van der Waals surface area contributed by atoms with E-state index < -0.39 is 0 Å². The second-order valence-electron chi connectivity index (χ2n) is 3.80. The first-order valence-corrected chi connectivity index (χ1v) is 5.44. The van der Waals surface area contributed by atoms with E-state index in [-0.39, 0.29) is 0 Å². The molecule has 0 aliphatic carbocycles. The summed E-state index contributed by atoms with van der Waals surface area (Å²) in [4.78, 5) is 1.97. The fraction of sp³-hybridized carbons (Fsp3) is 0.500. The predicted molar refractivity (Wildman–Crippen MR) is 67.8 cm³/mol. The second kappa shape index (κ2) is 5.41. The third kappa shape index (κ3) is 2.42. The van der Waals surface area contributed by atoms with Crippen LogP contribution in [0.5, 0.6) is 5.75 Å². The first-order chi connectivity index (χ1) is 7.52. The Hall–Kier alpha value is -0.930. The topological polar surface area (TPSA) is 21.7 Å². The molecule has 0 saturated carbocycles. The third-order valence-electron chi connectivity index (χ3n) is 2.54. The highest BCUT2D eigenvalue weighted by Crippen LogP contribution is 2.37. The number of anilines is 1. The molecule has 1 aromatic carbocycles. The normalized spacial score (nSPS) is 10.4. The van der Waals surface area contributed by atoms with Crippen molar-refractivity contribution in [1.82, 2.24) is 0 Å². The molecule has 0 unspecified atom stereocenters. The van der Waals surface area contributed by atoms with Crippen LogP contribution in [0.1, 0.15) is 11.1 Å². The van der Waals surface area contributed by atoms with Gasteiger partial charge in [0.05, 0.1) is 12.8 Å². The summed E-state index contributed by atoms with van der Waals surface area (Å²) in [5.74, 6) is 0.818. The molecule has 1 aromatic rings. The van der Waals surface area contributed by atoms with E-state index in [4.69, 9.17) is 21.1 Å². The Morgan fingerprint density at radius 3 is 2.44 bits per heavy atom. The number of rotatable bonds is 4. The third-order valence-corrected chi connectivity index (χ3v) is 3.12. The van der Waals surface area contributed by atoms with Gasteiger partial charge in [-0.25, -0.2) is 0 Å². The van der Waals surface area contributed by atoms with E-state index in [9.17, 15) is 0 Å². The molecule has 0 bridgehead atoms. The standard InChI is InChI=1S/C12H18ClNO2/c1-8-6-10(16-5)12(9(2)11(8)13)14(3)7-15-4/h6H,7H2,1-5H3. The summed E-state index contributed by atoms with van der Waals surface area (Å²) in [6.07, 6.45) is 0. The van der Waals surface area contributed by atoms with Gasteiger partial charge in [0.1, 0.15) is 12.5 Å². The number of benzene rings is 1. The van der Waals surface area contributed by atoms with Crippen LogP contribution in [0.15, 0.2) is 6.07 Å². The SMILES string of the molecule is COCN(C)c1c(OC)cc(C)c(Cl)c1C. The van der Waals surface area contributed by atoms with E-state index in [0.29, 0.717) is 6.73 Å². The smallest absolute Gasteiger partial charge is 0.142 e. The lowest BCUT2D eigenvalue weighted by molar-refractivity contribution is 0.201. The highest BCUT2D eigenvalue weighted by atomic mass is 35.5. The fourth-order valence-electron chi connectivity index (χ4n) is 1.80. The van der Waals surface area contributed by atoms with Crippen LogP contribution in [0.25, 0.3) is 0 Å². The van der Waals surface area contributed by atoms with Gasteiger partial charge in [-0.15, -0.1) is 0 Å². The molecule has 0 atom stereocenters. The van der Waals surface area contributed by atoms with Crippen LogP contribution in [-0.4, -0.2) is 28.0 Å². The van der Waals surface area contributed by atoms with Crippen molar-refractivity contribution in [1.29, 1.82) is 0 Å². The molecular weight excluding hydrogens is 226 g/mol. The van der Waals surface area contributed by atoms with Gasteiger partial charge in [0.2, 0.25) is 0 Å². The highest BCUT2D eigenvalue weighted by molar-refractivity contribution is 6.32. The van der Waals surface area contributed by atoms with Gasteiger partial charge in [-0.2, -0.15) is 0 Å². The molecule has 0 spiro atoms. The predicted octanol–water partition coefficient (Wildman–Crippen LogP) is 3.01. The van der Waals surface area contributed by atoms with Gasteiger partial charge in [-0.05, 0) is 31.0 Å². The van der Waals surface area contributed by atoms with Gasteiger partial charge in [0.25, 0.3) is 0 Å². The molecule has 1 rings (SSSR count). The molecule has 0 N–H and O–H groups in total. The van der Waals surface area contributed by atoms with Crippen LogP contribution in [0, 0.1) is 13.8 Å². The van der Waals surface area contributed by atoms with E-state index in [1.165, 1.54) is 0 Å². The minimum absolute atomic E-state index is 0.497. The minimum atomic E-state index is 0.497. The maximum Gasteiger partial charge on any atom is 0.142 e. The second-order valence-corrected chi connectivity index (χ2v) is 4.18. The maximum absolute atomic E-state index is 6.23. The van der Waals surface area contributed by atoms with Crippen LogP contribution in [0.3, 0.4) is 0 Å². The summed E-state index contributed by atoms with van der Waals surface area (Å²) in [5, 5.41) is 0.777. The minimum Gasteiger partial charge on any atom is -0.495 e. The number of hydrogen-bond donors (Lipinski definition) is 0. The molecule has 0 fully saturated rings. The fourth-order valence-corrected chi connectivity index (χ4v) is 1.95. The molecule has 0 aliphatic rings. The first-order valence-electron chi connectivity index (χ1n) is 5.06. The lowest BCUT2D eigenvalue weighted by Gasteiger charge is -2.24. The summed E-state index contributed by atoms with van der Waals surface area (Å²) in [6.45, 7) is 4.45. The summed E-state index contributed by atoms with van der Waals surface area (Å²) < 4.78 is 10.5. The van der Waals surface area contributed by atoms with Crippen LogP contribution in [-0.2, 0) is 4.74 Å². The Morgan fingerprint density at radius 2 is 1.94 bits per heavy atom. The van der Waals surface area contributed by atoms with E-state index in [2.05, 4.69) is 0 Å². The van der Waals surface area contributed by atoms with Gasteiger partial charge in [0, 0.05) is 19.2 Å². The zero-order valence-corrected chi connectivity index (χ0v) is 11.2. The molecule has 0 amide bonds. The Labute approximate surface area is 102 Å². The van der Waals surface area contributed by atoms with Crippen molar-refractivity contribution in [2.75, 3.05) is 32.9 Å². The van der Waals surface area contributed by atoms with Gasteiger partial charge < -0.3 is 14.4 Å². The number of hydrogen-bond acceptors (Lipinski definition) is 3. The monoisotopic (exact) mass is 243 g/mol. The number of halogens is 1. The van der Waals surface area contributed by atoms with E-state index in [1.54, 1.807) is 14.2 Å². The maximum atomic E-state index is 6.23. The Kier molecular flexibility index (Phi) is 4.44. The Morgan fingerprint density at radius 1 is 1.31 bits per heavy atom. The van der Waals surface area contributed by atoms with Gasteiger partial charge in [-0.3, -0.25) is 0 Å². The van der Waals surface area contributed by atoms with Gasteiger partial charge in [-0.1, -0.05) is 11.6 Å². The van der Waals surface area contributed by atoms with Crippen molar-refractivity contribution in [3.63, 3.8) is 0 Å². The quantitative estimate of drug-likeness (QED) is 0.759. The van der Waals surface area contributed by atoms with E-state index >= 15 is 0 Å². The molecule has 0 radical (unpaired) electrons. The highest BCUT2D eigenvalue weighted by Gasteiger charge is 2.15. The molecule has 0 aliphatic heterocycles. The molecular formula is C12H18ClNO2. The van der Waals surface area contributed by atoms with Crippen LogP contribution < -0.4 is 9.64 Å². The Bertz CT molecular complexity index is 380. The average molecular weight is 244 g/mol. The summed E-state index contributed by atoms with van der Waals surface area (Å²) >= 11 is 6.23. The average Bonchev–Trinajstić information content (AvgIpc) is 2.25. The lowest BCUT2D eigenvalue weighted by atomic mass is 10.1. The van der Waals surface area contributed by atoms with Gasteiger partial charge >= 0.3 is 0 Å². The first kappa shape index (κ1) is 13.1. The number of ether oxygens (including phenoxy) is 2. The van der Waals surface area contributed by atoms with Gasteiger partial charge in [0.15, 0.2) is 0 Å². The Balaban J connectivity index is 3.29. The summed E-state index contributed by atoms with van der Waals surface area (Å²) in [5.41, 5.74) is 3.00. The number of aryl methyl sites for hydroxylation is 1. The largest absolute Gasteiger partial charge is 0.495 e. The number of methoxy groups -OCH3 is 2. The number of nitrogens with zero attached hydrogens (tertiary/aromatic N) is 1. The zero-order chi connectivity index (χ0) is 12.3. The summed E-state index contributed by atoms with van der Waals surface area (Å²) in [6, 6.07) is 1.94. The van der Waals surface area contributed by atoms with E-state index in [0.717, 1.165) is 27.6 Å². The van der Waals surface area contributed by atoms with Crippen LogP contribution in [0.2, 0.25) is 5.02 Å². The molecule has 0 aromatic heterocycles. The molecule has 16 heavy (non-hydrogen) atoms. The van der Waals surface area contributed by atoms with Crippen molar-refractivity contribution < 1.29 is 9.47 Å². The molecule has 0 heterocycles. The van der Waals surface area contributed by atoms with Crippen molar-refractivity contribution in [2.24, 2.45) is 0 Å². The molecule has 4 heteroatoms. The van der Waals surface area contributed by atoms with Crippen molar-refractivity contribution >= 4 is 17.3 Å². The van der Waals surface area contributed by atoms with Crippen molar-refractivity contribution in [3.05, 3.63) is 22.2 Å². The van der Waals surface area contributed by atoms with Crippen molar-refractivity contribution in [3.8, 4) is 5.75 Å². The summed E-state index contributed by atoms with van der Waals surface area (Å²) in [7, 11) is 5.26.